The summed E-state index contributed by atoms with van der Waals surface area (Å²) in [6, 6.07) is 7.57. The highest BCUT2D eigenvalue weighted by Gasteiger charge is 2.39. The Labute approximate surface area is 145 Å². The van der Waals surface area contributed by atoms with Crippen LogP contribution in [0.1, 0.15) is 43.1 Å². The van der Waals surface area contributed by atoms with Crippen molar-refractivity contribution in [2.75, 3.05) is 0 Å². The normalized spacial score (nSPS) is 16.6. The van der Waals surface area contributed by atoms with Gasteiger partial charge in [0.05, 0.1) is 23.3 Å². The summed E-state index contributed by atoms with van der Waals surface area (Å²) in [4.78, 5) is 17.2. The quantitative estimate of drug-likeness (QED) is 0.785. The number of benzene rings is 1. The van der Waals surface area contributed by atoms with Crippen molar-refractivity contribution >= 4 is 10.8 Å². The standard InChI is InChI=1S/C18H21N5O2/c1-12-14-7-3-4-8-15(14)16(24)23(21-12)11-19-18(9-5-6-10-18)17-20-13(2)25-22-17/h3-4,7-8,19H,5-6,9-11H2,1-2H3. The summed E-state index contributed by atoms with van der Waals surface area (Å²) in [5.41, 5.74) is 0.400. The molecule has 1 aliphatic rings. The minimum absolute atomic E-state index is 0.0915. The van der Waals surface area contributed by atoms with Gasteiger partial charge < -0.3 is 4.52 Å². The second-order valence-electron chi connectivity index (χ2n) is 6.70. The fourth-order valence-electron chi connectivity index (χ4n) is 3.69. The molecule has 0 saturated heterocycles. The molecule has 0 unspecified atom stereocenters. The molecule has 130 valence electrons. The minimum atomic E-state index is -0.349. The number of hydrogen-bond donors (Lipinski definition) is 1. The number of nitrogens with one attached hydrogen (secondary N) is 1. The van der Waals surface area contributed by atoms with Gasteiger partial charge in [0.2, 0.25) is 5.89 Å². The van der Waals surface area contributed by atoms with Crippen molar-refractivity contribution in [1.29, 1.82) is 0 Å². The first kappa shape index (κ1) is 16.0. The van der Waals surface area contributed by atoms with Gasteiger partial charge >= 0.3 is 0 Å². The van der Waals surface area contributed by atoms with Crippen molar-refractivity contribution in [3.63, 3.8) is 0 Å². The van der Waals surface area contributed by atoms with E-state index in [9.17, 15) is 4.79 Å². The van der Waals surface area contributed by atoms with Crippen LogP contribution in [0.25, 0.3) is 10.8 Å². The fraction of sp³-hybridized carbons (Fsp3) is 0.444. The van der Waals surface area contributed by atoms with Crippen LogP contribution in [-0.2, 0) is 12.2 Å². The lowest BCUT2D eigenvalue weighted by Crippen LogP contribution is -2.44. The second kappa shape index (κ2) is 6.07. The second-order valence-corrected chi connectivity index (χ2v) is 6.70. The van der Waals surface area contributed by atoms with E-state index in [-0.39, 0.29) is 11.1 Å². The zero-order valence-corrected chi connectivity index (χ0v) is 14.5. The monoisotopic (exact) mass is 339 g/mol. The predicted octanol–water partition coefficient (Wildman–Crippen LogP) is 2.41. The van der Waals surface area contributed by atoms with Crippen LogP contribution in [0.2, 0.25) is 0 Å². The van der Waals surface area contributed by atoms with Crippen LogP contribution >= 0.6 is 0 Å². The summed E-state index contributed by atoms with van der Waals surface area (Å²) in [7, 11) is 0. The van der Waals surface area contributed by atoms with E-state index in [1.807, 2.05) is 31.2 Å². The SMILES string of the molecule is Cc1nc(C2(NCn3nc(C)c4ccccc4c3=O)CCCC2)no1. The minimum Gasteiger partial charge on any atom is -0.340 e. The third-order valence-corrected chi connectivity index (χ3v) is 5.03. The fourth-order valence-corrected chi connectivity index (χ4v) is 3.69. The molecule has 7 heteroatoms. The molecule has 0 aliphatic heterocycles. The number of hydrogen-bond acceptors (Lipinski definition) is 6. The van der Waals surface area contributed by atoms with Crippen molar-refractivity contribution in [2.24, 2.45) is 0 Å². The third kappa shape index (κ3) is 2.74. The molecule has 1 saturated carbocycles. The Morgan fingerprint density at radius 1 is 1.20 bits per heavy atom. The van der Waals surface area contributed by atoms with Gasteiger partial charge in [-0.15, -0.1) is 0 Å². The van der Waals surface area contributed by atoms with E-state index in [4.69, 9.17) is 4.52 Å². The van der Waals surface area contributed by atoms with Gasteiger partial charge in [-0.1, -0.05) is 36.2 Å². The van der Waals surface area contributed by atoms with Gasteiger partial charge in [-0.3, -0.25) is 10.1 Å². The van der Waals surface area contributed by atoms with E-state index < -0.39 is 0 Å². The van der Waals surface area contributed by atoms with Gasteiger partial charge in [-0.25, -0.2) is 4.68 Å². The van der Waals surface area contributed by atoms with Crippen LogP contribution in [0, 0.1) is 13.8 Å². The molecular weight excluding hydrogens is 318 g/mol. The predicted molar refractivity (Wildman–Crippen MR) is 93.1 cm³/mol. The highest BCUT2D eigenvalue weighted by molar-refractivity contribution is 5.83. The molecule has 7 nitrogen and oxygen atoms in total. The molecule has 2 heterocycles. The number of aromatic nitrogens is 4. The van der Waals surface area contributed by atoms with Gasteiger partial charge in [0.15, 0.2) is 5.82 Å². The van der Waals surface area contributed by atoms with E-state index in [0.717, 1.165) is 36.8 Å². The molecule has 3 aromatic rings. The molecule has 0 bridgehead atoms. The van der Waals surface area contributed by atoms with E-state index in [1.165, 1.54) is 4.68 Å². The molecule has 0 radical (unpaired) electrons. The molecule has 0 amide bonds. The van der Waals surface area contributed by atoms with Crippen LogP contribution in [0.15, 0.2) is 33.6 Å². The van der Waals surface area contributed by atoms with Gasteiger partial charge in [-0.05, 0) is 25.8 Å². The van der Waals surface area contributed by atoms with Crippen LogP contribution in [0.5, 0.6) is 0 Å². The van der Waals surface area contributed by atoms with Gasteiger partial charge in [-0.2, -0.15) is 10.1 Å². The summed E-state index contributed by atoms with van der Waals surface area (Å²) in [5, 5.41) is 13.7. The summed E-state index contributed by atoms with van der Waals surface area (Å²) < 4.78 is 6.66. The highest BCUT2D eigenvalue weighted by Crippen LogP contribution is 2.37. The van der Waals surface area contributed by atoms with Crippen molar-refractivity contribution in [3.05, 3.63) is 52.0 Å². The Balaban J connectivity index is 1.67. The summed E-state index contributed by atoms with van der Waals surface area (Å²) in [5.74, 6) is 1.23. The Bertz CT molecular complexity index is 969. The lowest BCUT2D eigenvalue weighted by atomic mass is 9.97. The third-order valence-electron chi connectivity index (χ3n) is 5.03. The van der Waals surface area contributed by atoms with Crippen molar-refractivity contribution < 1.29 is 4.52 Å². The maximum atomic E-state index is 12.7. The maximum Gasteiger partial charge on any atom is 0.275 e. The summed E-state index contributed by atoms with van der Waals surface area (Å²) >= 11 is 0. The van der Waals surface area contributed by atoms with Gasteiger partial charge in [0.1, 0.15) is 0 Å². The largest absolute Gasteiger partial charge is 0.340 e. The molecule has 1 aromatic carbocycles. The molecule has 1 aliphatic carbocycles. The first-order valence-corrected chi connectivity index (χ1v) is 8.61. The van der Waals surface area contributed by atoms with Crippen LogP contribution in [0.4, 0.5) is 0 Å². The zero-order chi connectivity index (χ0) is 17.4. The topological polar surface area (TPSA) is 85.8 Å². The first-order chi connectivity index (χ1) is 12.1. The molecule has 2 aromatic heterocycles. The average Bonchev–Trinajstić information content (AvgIpc) is 3.27. The van der Waals surface area contributed by atoms with Crippen molar-refractivity contribution in [3.8, 4) is 0 Å². The Morgan fingerprint density at radius 3 is 2.60 bits per heavy atom. The highest BCUT2D eigenvalue weighted by atomic mass is 16.5. The Morgan fingerprint density at radius 2 is 1.92 bits per heavy atom. The van der Waals surface area contributed by atoms with Crippen molar-refractivity contribution in [1.82, 2.24) is 25.2 Å². The molecule has 4 rings (SSSR count). The average molecular weight is 339 g/mol. The lowest BCUT2D eigenvalue weighted by molar-refractivity contribution is 0.267. The van der Waals surface area contributed by atoms with E-state index >= 15 is 0 Å². The molecule has 25 heavy (non-hydrogen) atoms. The molecule has 1 fully saturated rings. The summed E-state index contributed by atoms with van der Waals surface area (Å²) in [6.45, 7) is 4.03. The number of fused-ring (bicyclic) bond motifs is 1. The molecular formula is C18H21N5O2. The van der Waals surface area contributed by atoms with E-state index in [2.05, 4.69) is 20.6 Å². The molecule has 1 N–H and O–H groups in total. The Kier molecular flexibility index (Phi) is 3.88. The first-order valence-electron chi connectivity index (χ1n) is 8.61. The van der Waals surface area contributed by atoms with Crippen molar-refractivity contribution in [2.45, 2.75) is 51.7 Å². The zero-order valence-electron chi connectivity index (χ0n) is 14.5. The van der Waals surface area contributed by atoms with Crippen LogP contribution in [0.3, 0.4) is 0 Å². The van der Waals surface area contributed by atoms with E-state index in [1.54, 1.807) is 6.92 Å². The Hall–Kier alpha value is -2.54. The number of nitrogens with zero attached hydrogens (tertiary/aromatic N) is 4. The lowest BCUT2D eigenvalue weighted by Gasteiger charge is -2.27. The summed E-state index contributed by atoms with van der Waals surface area (Å²) in [6.07, 6.45) is 4.04. The van der Waals surface area contributed by atoms with Gasteiger partial charge in [0.25, 0.3) is 5.56 Å². The molecule has 0 spiro atoms. The molecule has 0 atom stereocenters. The number of aryl methyl sites for hydroxylation is 2. The number of rotatable bonds is 4. The van der Waals surface area contributed by atoms with Crippen LogP contribution in [-0.4, -0.2) is 19.9 Å². The smallest absolute Gasteiger partial charge is 0.275 e. The van der Waals surface area contributed by atoms with E-state index in [0.29, 0.717) is 23.8 Å². The maximum absolute atomic E-state index is 12.7. The van der Waals surface area contributed by atoms with Crippen LogP contribution < -0.4 is 10.9 Å². The van der Waals surface area contributed by atoms with Gasteiger partial charge in [0, 0.05) is 12.3 Å².